The van der Waals surface area contributed by atoms with Gasteiger partial charge in [0.1, 0.15) is 0 Å². The van der Waals surface area contributed by atoms with Crippen molar-refractivity contribution in [1.29, 1.82) is 0 Å². The van der Waals surface area contributed by atoms with Crippen LogP contribution in [0.4, 0.5) is 0 Å². The highest BCUT2D eigenvalue weighted by molar-refractivity contribution is 5.66. The molecule has 0 saturated heterocycles. The maximum atomic E-state index is 10.3. The largest absolute Gasteiger partial charge is 0.481 e. The number of carboxylic acid groups (broad SMARTS) is 1. The molecule has 0 rings (SSSR count). The molecule has 3 heteroatoms. The molecule has 0 bridgehead atoms. The highest BCUT2D eigenvalue weighted by atomic mass is 16.4. The molecule has 0 unspecified atom stereocenters. The third kappa shape index (κ3) is 30.0. The molecule has 0 aliphatic heterocycles. The topological polar surface area (TPSA) is 46.5 Å². The average molecular weight is 331 g/mol. The summed E-state index contributed by atoms with van der Waals surface area (Å²) < 4.78 is 4.25. The van der Waals surface area contributed by atoms with Crippen molar-refractivity contribution in [3.8, 4) is 0 Å². The molecular formula is C20H42O3. The molecule has 3 nitrogen and oxygen atoms in total. The van der Waals surface area contributed by atoms with Crippen LogP contribution in [0, 0.1) is 0 Å². The molecule has 1 N–H and O–H groups in total. The number of methoxy groups -OCH3 is 1. The van der Waals surface area contributed by atoms with Crippen LogP contribution < -0.4 is 0 Å². The van der Waals surface area contributed by atoms with Gasteiger partial charge in [-0.2, -0.15) is 0 Å². The summed E-state index contributed by atoms with van der Waals surface area (Å²) in [7, 11) is 3.25. The fourth-order valence-corrected chi connectivity index (χ4v) is 2.65. The Labute approximate surface area is 145 Å². The van der Waals surface area contributed by atoms with Crippen LogP contribution in [0.2, 0.25) is 0 Å². The van der Waals surface area contributed by atoms with Crippen LogP contribution in [0.5, 0.6) is 0 Å². The van der Waals surface area contributed by atoms with Gasteiger partial charge < -0.3 is 9.84 Å². The minimum absolute atomic E-state index is 0.345. The highest BCUT2D eigenvalue weighted by Gasteiger charge is 1.97. The molecule has 0 radical (unpaired) electrons. The number of carbonyl (C=O) groups is 1. The van der Waals surface area contributed by atoms with Crippen LogP contribution in [0.25, 0.3) is 0 Å². The van der Waals surface area contributed by atoms with Crippen molar-refractivity contribution < 1.29 is 14.6 Å². The molecule has 0 aromatic heterocycles. The number of hydrogen-bond acceptors (Lipinski definition) is 2. The van der Waals surface area contributed by atoms with E-state index in [1.165, 1.54) is 83.5 Å². The van der Waals surface area contributed by atoms with E-state index in [4.69, 9.17) is 5.11 Å². The van der Waals surface area contributed by atoms with Crippen LogP contribution in [0.15, 0.2) is 0 Å². The fraction of sp³-hybridized carbons (Fsp3) is 0.950. The quantitative estimate of drug-likeness (QED) is 0.324. The van der Waals surface area contributed by atoms with Crippen molar-refractivity contribution in [3.05, 3.63) is 0 Å². The molecule has 0 aromatic carbocycles. The zero-order valence-electron chi connectivity index (χ0n) is 16.1. The molecule has 0 heterocycles. The second-order valence-electron chi connectivity index (χ2n) is 6.50. The minimum atomic E-state index is -0.653. The van der Waals surface area contributed by atoms with E-state index >= 15 is 0 Å². The average Bonchev–Trinajstić information content (AvgIpc) is 2.51. The Kier molecular flexibility index (Phi) is 25.4. The molecular weight excluding hydrogens is 288 g/mol. The summed E-state index contributed by atoms with van der Waals surface area (Å²) in [5.41, 5.74) is 0. The van der Waals surface area contributed by atoms with Gasteiger partial charge >= 0.3 is 5.97 Å². The van der Waals surface area contributed by atoms with Crippen LogP contribution >= 0.6 is 0 Å². The third-order valence-corrected chi connectivity index (χ3v) is 3.99. The van der Waals surface area contributed by atoms with Crippen LogP contribution in [0.1, 0.15) is 110 Å². The predicted octanol–water partition coefficient (Wildman–Crippen LogP) is 6.60. The smallest absolute Gasteiger partial charge is 0.303 e. The Morgan fingerprint density at radius 2 is 0.913 bits per heavy atom. The second-order valence-corrected chi connectivity index (χ2v) is 6.50. The Hall–Kier alpha value is -0.570. The third-order valence-electron chi connectivity index (χ3n) is 3.99. The monoisotopic (exact) mass is 330 g/mol. The van der Waals surface area contributed by atoms with Gasteiger partial charge in [0.2, 0.25) is 0 Å². The summed E-state index contributed by atoms with van der Waals surface area (Å²) in [4.78, 5) is 10.3. The summed E-state index contributed by atoms with van der Waals surface area (Å²) in [6, 6.07) is 0. The van der Waals surface area contributed by atoms with E-state index in [0.717, 1.165) is 12.8 Å². The summed E-state index contributed by atoms with van der Waals surface area (Å²) >= 11 is 0. The van der Waals surface area contributed by atoms with E-state index in [2.05, 4.69) is 11.7 Å². The normalized spacial score (nSPS) is 10.2. The van der Waals surface area contributed by atoms with Gasteiger partial charge in [-0.3, -0.25) is 4.79 Å². The molecule has 0 atom stereocenters. The molecule has 140 valence electrons. The summed E-state index contributed by atoms with van der Waals surface area (Å²) in [6.45, 7) is 2.27. The van der Waals surface area contributed by atoms with Gasteiger partial charge in [0, 0.05) is 20.6 Å². The maximum Gasteiger partial charge on any atom is 0.303 e. The fourth-order valence-electron chi connectivity index (χ4n) is 2.65. The molecule has 0 saturated carbocycles. The first-order valence-electron chi connectivity index (χ1n) is 9.80. The molecule has 0 fully saturated rings. The molecule has 0 amide bonds. The number of rotatable bonds is 16. The van der Waals surface area contributed by atoms with E-state index in [1.807, 2.05) is 0 Å². The SMILES string of the molecule is CCCCCCCCCCCCCCCCCC(=O)O.COC. The first-order valence-corrected chi connectivity index (χ1v) is 9.80. The van der Waals surface area contributed by atoms with Crippen molar-refractivity contribution in [2.75, 3.05) is 14.2 Å². The Morgan fingerprint density at radius 3 is 1.17 bits per heavy atom. The zero-order chi connectivity index (χ0) is 17.6. The second kappa shape index (κ2) is 23.7. The summed E-state index contributed by atoms with van der Waals surface area (Å²) in [6.07, 6.45) is 20.2. The van der Waals surface area contributed by atoms with Gasteiger partial charge in [-0.25, -0.2) is 0 Å². The maximum absolute atomic E-state index is 10.3. The molecule has 23 heavy (non-hydrogen) atoms. The summed E-state index contributed by atoms with van der Waals surface area (Å²) in [5, 5.41) is 8.52. The first kappa shape index (κ1) is 24.7. The first-order chi connectivity index (χ1) is 11.2. The lowest BCUT2D eigenvalue weighted by Crippen LogP contribution is -1.93. The Morgan fingerprint density at radius 1 is 0.652 bits per heavy atom. The van der Waals surface area contributed by atoms with Gasteiger partial charge in [0.25, 0.3) is 0 Å². The van der Waals surface area contributed by atoms with E-state index in [1.54, 1.807) is 14.2 Å². The molecule has 0 aliphatic carbocycles. The van der Waals surface area contributed by atoms with Gasteiger partial charge in [-0.1, -0.05) is 96.8 Å². The summed E-state index contributed by atoms with van der Waals surface area (Å²) in [5.74, 6) is -0.653. The van der Waals surface area contributed by atoms with Gasteiger partial charge in [0.15, 0.2) is 0 Å². The van der Waals surface area contributed by atoms with Crippen LogP contribution in [-0.2, 0) is 9.53 Å². The number of aliphatic carboxylic acids is 1. The van der Waals surface area contributed by atoms with Crippen molar-refractivity contribution in [1.82, 2.24) is 0 Å². The zero-order valence-corrected chi connectivity index (χ0v) is 16.1. The number of ether oxygens (including phenoxy) is 1. The van der Waals surface area contributed by atoms with E-state index in [-0.39, 0.29) is 0 Å². The predicted molar refractivity (Wildman–Crippen MR) is 100 cm³/mol. The Balaban J connectivity index is 0. The Bertz CT molecular complexity index is 217. The molecule has 0 spiro atoms. The van der Waals surface area contributed by atoms with E-state index < -0.39 is 5.97 Å². The van der Waals surface area contributed by atoms with E-state index in [9.17, 15) is 4.79 Å². The highest BCUT2D eigenvalue weighted by Crippen LogP contribution is 2.13. The number of unbranched alkanes of at least 4 members (excludes halogenated alkanes) is 14. The van der Waals surface area contributed by atoms with Crippen molar-refractivity contribution >= 4 is 5.97 Å². The van der Waals surface area contributed by atoms with Crippen LogP contribution in [0.3, 0.4) is 0 Å². The lowest BCUT2D eigenvalue weighted by Gasteiger charge is -2.03. The van der Waals surface area contributed by atoms with Crippen molar-refractivity contribution in [2.24, 2.45) is 0 Å². The van der Waals surface area contributed by atoms with Crippen molar-refractivity contribution in [2.45, 2.75) is 110 Å². The van der Waals surface area contributed by atoms with E-state index in [0.29, 0.717) is 6.42 Å². The number of hydrogen-bond donors (Lipinski definition) is 1. The molecule has 0 aromatic rings. The minimum Gasteiger partial charge on any atom is -0.481 e. The van der Waals surface area contributed by atoms with Crippen molar-refractivity contribution in [3.63, 3.8) is 0 Å². The van der Waals surface area contributed by atoms with Gasteiger partial charge in [-0.15, -0.1) is 0 Å². The standard InChI is InChI=1S/C18H36O2.C2H6O/c1-2-3-4-5-6-7-8-9-10-11-12-13-14-15-16-17-18(19)20;1-3-2/h2-17H2,1H3,(H,19,20);1-2H3. The van der Waals surface area contributed by atoms with Gasteiger partial charge in [0.05, 0.1) is 0 Å². The lowest BCUT2D eigenvalue weighted by molar-refractivity contribution is -0.137. The molecule has 0 aliphatic rings. The van der Waals surface area contributed by atoms with Crippen LogP contribution in [-0.4, -0.2) is 25.3 Å². The van der Waals surface area contributed by atoms with Gasteiger partial charge in [-0.05, 0) is 6.42 Å². The lowest BCUT2D eigenvalue weighted by atomic mass is 10.0. The number of carboxylic acids is 1.